The number of nitrogens with one attached hydrogen (secondary N) is 2. The van der Waals surface area contributed by atoms with Gasteiger partial charge in [0.2, 0.25) is 0 Å². The number of rotatable bonds is 5. The van der Waals surface area contributed by atoms with Crippen molar-refractivity contribution < 1.29 is 27.9 Å². The molecule has 2 aromatic heterocycles. The van der Waals surface area contributed by atoms with Gasteiger partial charge in [0.05, 0.1) is 5.56 Å². The fraction of sp³-hybridized carbons (Fsp3) is 0.100. The van der Waals surface area contributed by atoms with Crippen molar-refractivity contribution in [1.82, 2.24) is 19.9 Å². The van der Waals surface area contributed by atoms with E-state index in [1.807, 2.05) is 0 Å². The van der Waals surface area contributed by atoms with E-state index in [1.54, 1.807) is 18.2 Å². The first kappa shape index (κ1) is 21.4. The molecule has 8 nitrogen and oxygen atoms in total. The molecule has 2 heterocycles. The number of aromatic amines is 1. The summed E-state index contributed by atoms with van der Waals surface area (Å²) in [4.78, 5) is 40.1. The SMILES string of the molecule is O=C(O)CNC(=O)c1c(=O)cc(Sc2cccc3ccc(C(F)(F)F)cc23)n2[nH]cnc12. The molecule has 4 rings (SSSR count). The van der Waals surface area contributed by atoms with Gasteiger partial charge in [-0.1, -0.05) is 30.0 Å². The number of benzene rings is 2. The summed E-state index contributed by atoms with van der Waals surface area (Å²) in [6.45, 7) is -0.678. The summed E-state index contributed by atoms with van der Waals surface area (Å²) in [7, 11) is 0. The van der Waals surface area contributed by atoms with E-state index < -0.39 is 35.6 Å². The average Bonchev–Trinajstić information content (AvgIpc) is 3.21. The number of fused-ring (bicyclic) bond motifs is 2. The summed E-state index contributed by atoms with van der Waals surface area (Å²) >= 11 is 1.02. The third kappa shape index (κ3) is 4.04. The molecule has 164 valence electrons. The second-order valence-corrected chi connectivity index (χ2v) is 7.70. The first-order valence-corrected chi connectivity index (χ1v) is 9.84. The number of halogens is 3. The van der Waals surface area contributed by atoms with Gasteiger partial charge in [0, 0.05) is 11.0 Å². The molecule has 0 saturated carbocycles. The minimum atomic E-state index is -4.51. The predicted octanol–water partition coefficient (Wildman–Crippen LogP) is 3.16. The number of carbonyl (C=O) groups is 2. The molecule has 0 aliphatic carbocycles. The molecule has 3 N–H and O–H groups in total. The maximum Gasteiger partial charge on any atom is 0.416 e. The van der Waals surface area contributed by atoms with Crippen LogP contribution in [-0.2, 0) is 11.0 Å². The number of amides is 1. The Kier molecular flexibility index (Phi) is 5.38. The molecule has 0 saturated heterocycles. The van der Waals surface area contributed by atoms with Gasteiger partial charge in [-0.3, -0.25) is 19.5 Å². The highest BCUT2D eigenvalue weighted by atomic mass is 32.2. The smallest absolute Gasteiger partial charge is 0.416 e. The van der Waals surface area contributed by atoms with Crippen molar-refractivity contribution >= 4 is 40.1 Å². The Morgan fingerprint density at radius 2 is 1.97 bits per heavy atom. The van der Waals surface area contributed by atoms with Crippen molar-refractivity contribution in [1.29, 1.82) is 0 Å². The Morgan fingerprint density at radius 3 is 2.69 bits per heavy atom. The first-order chi connectivity index (χ1) is 15.1. The maximum atomic E-state index is 13.2. The minimum absolute atomic E-state index is 0.0425. The quantitative estimate of drug-likeness (QED) is 0.420. The summed E-state index contributed by atoms with van der Waals surface area (Å²) in [6, 6.07) is 9.52. The number of carboxylic acids is 1. The van der Waals surface area contributed by atoms with Gasteiger partial charge in [-0.25, -0.2) is 9.50 Å². The molecule has 12 heteroatoms. The number of hydrogen-bond acceptors (Lipinski definition) is 5. The van der Waals surface area contributed by atoms with Crippen molar-refractivity contribution in [2.75, 3.05) is 6.54 Å². The predicted molar refractivity (Wildman–Crippen MR) is 109 cm³/mol. The lowest BCUT2D eigenvalue weighted by molar-refractivity contribution is -0.137. The summed E-state index contributed by atoms with van der Waals surface area (Å²) in [5.74, 6) is -2.18. The van der Waals surface area contributed by atoms with Crippen LogP contribution < -0.4 is 10.7 Å². The van der Waals surface area contributed by atoms with Crippen LogP contribution in [0.5, 0.6) is 0 Å². The van der Waals surface area contributed by atoms with Crippen molar-refractivity contribution in [2.45, 2.75) is 16.1 Å². The van der Waals surface area contributed by atoms with Crippen LogP contribution in [0, 0.1) is 0 Å². The number of aliphatic carboxylic acids is 1. The molecule has 0 bridgehead atoms. The Labute approximate surface area is 181 Å². The van der Waals surface area contributed by atoms with Crippen LogP contribution in [0.1, 0.15) is 15.9 Å². The van der Waals surface area contributed by atoms with E-state index in [4.69, 9.17) is 5.11 Å². The Balaban J connectivity index is 1.79. The Hall–Kier alpha value is -3.80. The number of aromatic nitrogens is 3. The van der Waals surface area contributed by atoms with Crippen LogP contribution in [0.2, 0.25) is 0 Å². The topological polar surface area (TPSA) is 117 Å². The van der Waals surface area contributed by atoms with Crippen molar-refractivity contribution in [2.24, 2.45) is 0 Å². The van der Waals surface area contributed by atoms with E-state index >= 15 is 0 Å². The third-order valence-corrected chi connectivity index (χ3v) is 5.63. The standard InChI is InChI=1S/C20H13F3N4O4S/c21-20(22,23)11-5-4-10-2-1-3-14(12(10)6-11)32-15-7-13(28)17(18-25-9-26-27(15)18)19(31)24-8-16(29)30/h1-7,9H,8H2,(H,24,31)(H,25,26)(H,29,30). The third-order valence-electron chi connectivity index (χ3n) is 4.54. The minimum Gasteiger partial charge on any atom is -0.480 e. The highest BCUT2D eigenvalue weighted by Crippen LogP contribution is 2.37. The molecular weight excluding hydrogens is 449 g/mol. The second kappa shape index (κ2) is 8.04. The molecule has 0 atom stereocenters. The molecule has 0 unspecified atom stereocenters. The van der Waals surface area contributed by atoms with Gasteiger partial charge in [-0.05, 0) is 29.0 Å². The van der Waals surface area contributed by atoms with Gasteiger partial charge < -0.3 is 10.4 Å². The number of pyridine rings is 1. The van der Waals surface area contributed by atoms with Crippen LogP contribution in [0.15, 0.2) is 63.5 Å². The van der Waals surface area contributed by atoms with E-state index in [9.17, 15) is 27.6 Å². The summed E-state index contributed by atoms with van der Waals surface area (Å²) < 4.78 is 40.9. The zero-order valence-electron chi connectivity index (χ0n) is 15.9. The number of nitrogens with zero attached hydrogens (tertiary/aromatic N) is 2. The second-order valence-electron chi connectivity index (χ2n) is 6.64. The highest BCUT2D eigenvalue weighted by Gasteiger charge is 2.30. The first-order valence-electron chi connectivity index (χ1n) is 9.02. The van der Waals surface area contributed by atoms with Crippen LogP contribution in [0.4, 0.5) is 13.2 Å². The van der Waals surface area contributed by atoms with E-state index in [1.165, 1.54) is 16.9 Å². The van der Waals surface area contributed by atoms with E-state index in [-0.39, 0.29) is 16.2 Å². The lowest BCUT2D eigenvalue weighted by Gasteiger charge is -2.12. The van der Waals surface area contributed by atoms with Crippen molar-refractivity contribution in [3.05, 3.63) is 70.1 Å². The zero-order chi connectivity index (χ0) is 23.0. The van der Waals surface area contributed by atoms with E-state index in [2.05, 4.69) is 15.4 Å². The fourth-order valence-corrected chi connectivity index (χ4v) is 4.18. The van der Waals surface area contributed by atoms with Gasteiger partial charge in [0.1, 0.15) is 23.5 Å². The van der Waals surface area contributed by atoms with E-state index in [0.29, 0.717) is 15.7 Å². The number of carbonyl (C=O) groups excluding carboxylic acids is 1. The normalized spacial score (nSPS) is 11.7. The molecule has 0 aliphatic heterocycles. The van der Waals surface area contributed by atoms with Crippen LogP contribution >= 0.6 is 11.8 Å². The number of carboxylic acid groups (broad SMARTS) is 1. The Bertz CT molecular complexity index is 1430. The molecule has 4 aromatic rings. The number of alkyl halides is 3. The summed E-state index contributed by atoms with van der Waals surface area (Å²) in [6.07, 6.45) is -3.28. The van der Waals surface area contributed by atoms with Gasteiger partial charge in [0.15, 0.2) is 11.1 Å². The number of H-pyrrole nitrogens is 1. The molecular formula is C20H13F3N4O4S. The summed E-state index contributed by atoms with van der Waals surface area (Å²) in [5.41, 5.74) is -1.90. The van der Waals surface area contributed by atoms with Gasteiger partial charge >= 0.3 is 12.1 Å². The fourth-order valence-electron chi connectivity index (χ4n) is 3.12. The van der Waals surface area contributed by atoms with Crippen molar-refractivity contribution in [3.63, 3.8) is 0 Å². The van der Waals surface area contributed by atoms with Crippen LogP contribution in [-0.4, -0.2) is 38.1 Å². The lowest BCUT2D eigenvalue weighted by atomic mass is 10.1. The van der Waals surface area contributed by atoms with E-state index in [0.717, 1.165) is 30.0 Å². The highest BCUT2D eigenvalue weighted by molar-refractivity contribution is 7.99. The lowest BCUT2D eigenvalue weighted by Crippen LogP contribution is -2.33. The number of hydrogen-bond donors (Lipinski definition) is 3. The monoisotopic (exact) mass is 462 g/mol. The molecule has 0 fully saturated rings. The zero-order valence-corrected chi connectivity index (χ0v) is 16.8. The van der Waals surface area contributed by atoms with Gasteiger partial charge in [-0.15, -0.1) is 0 Å². The largest absolute Gasteiger partial charge is 0.480 e. The molecule has 0 radical (unpaired) electrons. The molecule has 0 spiro atoms. The molecule has 2 aromatic carbocycles. The van der Waals surface area contributed by atoms with Gasteiger partial charge in [0.25, 0.3) is 5.91 Å². The Morgan fingerprint density at radius 1 is 1.19 bits per heavy atom. The molecule has 0 aliphatic rings. The van der Waals surface area contributed by atoms with Crippen LogP contribution in [0.25, 0.3) is 16.4 Å². The maximum absolute atomic E-state index is 13.2. The molecule has 1 amide bonds. The van der Waals surface area contributed by atoms with Crippen LogP contribution in [0.3, 0.4) is 0 Å². The average molecular weight is 462 g/mol. The summed E-state index contributed by atoms with van der Waals surface area (Å²) in [5, 5.41) is 14.8. The van der Waals surface area contributed by atoms with Gasteiger partial charge in [-0.2, -0.15) is 13.2 Å². The molecule has 32 heavy (non-hydrogen) atoms. The van der Waals surface area contributed by atoms with Crippen molar-refractivity contribution in [3.8, 4) is 0 Å².